The molecule has 0 aliphatic heterocycles. The van der Waals surface area contributed by atoms with Crippen LogP contribution in [-0.4, -0.2) is 30.5 Å². The van der Waals surface area contributed by atoms with Crippen molar-refractivity contribution in [1.29, 1.82) is 0 Å². The van der Waals surface area contributed by atoms with E-state index < -0.39 is 0 Å². The molecule has 0 rings (SSSR count). The number of nitrogens with one attached hydrogen (secondary N) is 1. The predicted octanol–water partition coefficient (Wildman–Crippen LogP) is 0.839. The van der Waals surface area contributed by atoms with Crippen molar-refractivity contribution >= 4 is 17.7 Å². The van der Waals surface area contributed by atoms with Crippen LogP contribution in [0, 0.1) is 5.92 Å². The number of nitrogens with two attached hydrogens (primary N) is 1. The molecule has 0 spiro atoms. The maximum Gasteiger partial charge on any atom is 0.224 e. The van der Waals surface area contributed by atoms with Gasteiger partial charge in [0.25, 0.3) is 0 Å². The van der Waals surface area contributed by atoms with Gasteiger partial charge in [-0.25, -0.2) is 0 Å². The highest BCUT2D eigenvalue weighted by atomic mass is 32.2. The van der Waals surface area contributed by atoms with Crippen molar-refractivity contribution in [2.45, 2.75) is 25.5 Å². The summed E-state index contributed by atoms with van der Waals surface area (Å²) in [5.41, 5.74) is 5.46. The van der Waals surface area contributed by atoms with Crippen molar-refractivity contribution < 1.29 is 4.79 Å². The molecule has 3 N–H and O–H groups in total. The molecule has 0 fully saturated rings. The lowest BCUT2D eigenvalue weighted by Gasteiger charge is -2.14. The average molecular weight is 204 g/mol. The minimum atomic E-state index is -0.0194. The van der Waals surface area contributed by atoms with Crippen molar-refractivity contribution in [3.05, 3.63) is 0 Å². The summed E-state index contributed by atoms with van der Waals surface area (Å²) in [5.74, 6) is 0.0694. The van der Waals surface area contributed by atoms with E-state index in [1.807, 2.05) is 13.2 Å². The maximum absolute atomic E-state index is 11.4. The van der Waals surface area contributed by atoms with E-state index in [4.69, 9.17) is 5.73 Å². The number of thioether (sulfide) groups is 1. The lowest BCUT2D eigenvalue weighted by molar-refractivity contribution is -0.124. The highest BCUT2D eigenvalue weighted by molar-refractivity contribution is 7.99. The Hall–Kier alpha value is -0.220. The van der Waals surface area contributed by atoms with E-state index in [2.05, 4.69) is 12.2 Å². The van der Waals surface area contributed by atoms with Crippen LogP contribution in [0.4, 0.5) is 0 Å². The van der Waals surface area contributed by atoms with Gasteiger partial charge >= 0.3 is 0 Å². The second-order valence-electron chi connectivity index (χ2n) is 3.13. The van der Waals surface area contributed by atoms with Gasteiger partial charge in [0.1, 0.15) is 0 Å². The fourth-order valence-corrected chi connectivity index (χ4v) is 1.18. The fraction of sp³-hybridized carbons (Fsp3) is 0.889. The van der Waals surface area contributed by atoms with Crippen LogP contribution in [0.1, 0.15) is 20.3 Å². The molecular formula is C9H20N2OS. The fourth-order valence-electron chi connectivity index (χ4n) is 0.931. The van der Waals surface area contributed by atoms with E-state index in [0.29, 0.717) is 11.8 Å². The molecule has 2 unspecified atom stereocenters. The molecule has 0 aromatic carbocycles. The molecule has 2 atom stereocenters. The number of rotatable bonds is 6. The molecule has 0 aliphatic rings. The second-order valence-corrected chi connectivity index (χ2v) is 4.41. The van der Waals surface area contributed by atoms with Crippen molar-refractivity contribution in [2.24, 2.45) is 11.7 Å². The van der Waals surface area contributed by atoms with Crippen LogP contribution >= 0.6 is 11.8 Å². The zero-order valence-electron chi connectivity index (χ0n) is 8.67. The van der Waals surface area contributed by atoms with E-state index in [-0.39, 0.29) is 11.8 Å². The molecule has 0 aromatic rings. The van der Waals surface area contributed by atoms with Crippen molar-refractivity contribution in [2.75, 3.05) is 19.3 Å². The maximum atomic E-state index is 11.4. The lowest BCUT2D eigenvalue weighted by Crippen LogP contribution is -2.37. The summed E-state index contributed by atoms with van der Waals surface area (Å²) in [7, 11) is 0. The van der Waals surface area contributed by atoms with Gasteiger partial charge in [0.2, 0.25) is 5.91 Å². The van der Waals surface area contributed by atoms with E-state index in [0.717, 1.165) is 13.0 Å². The molecule has 0 heterocycles. The molecule has 4 heteroatoms. The third kappa shape index (κ3) is 5.16. The zero-order valence-corrected chi connectivity index (χ0v) is 9.49. The Kier molecular flexibility index (Phi) is 7.09. The monoisotopic (exact) mass is 204 g/mol. The van der Waals surface area contributed by atoms with Crippen LogP contribution in [0.5, 0.6) is 0 Å². The van der Waals surface area contributed by atoms with Gasteiger partial charge in [0.05, 0.1) is 0 Å². The van der Waals surface area contributed by atoms with Crippen LogP contribution in [0.15, 0.2) is 0 Å². The Balaban J connectivity index is 3.72. The van der Waals surface area contributed by atoms with Gasteiger partial charge in [0, 0.05) is 24.3 Å². The van der Waals surface area contributed by atoms with E-state index in [1.54, 1.807) is 11.8 Å². The third-order valence-corrected chi connectivity index (χ3v) is 3.09. The molecule has 1 amide bonds. The highest BCUT2D eigenvalue weighted by Gasteiger charge is 2.14. The lowest BCUT2D eigenvalue weighted by atomic mass is 10.1. The normalized spacial score (nSPS) is 15.1. The number of carbonyl (C=O) groups excluding carboxylic acids is 1. The van der Waals surface area contributed by atoms with Crippen LogP contribution in [0.3, 0.4) is 0 Å². The van der Waals surface area contributed by atoms with Gasteiger partial charge in [0.15, 0.2) is 0 Å². The van der Waals surface area contributed by atoms with Gasteiger partial charge in [-0.3, -0.25) is 4.79 Å². The molecule has 0 saturated heterocycles. The first kappa shape index (κ1) is 12.8. The van der Waals surface area contributed by atoms with Gasteiger partial charge in [-0.15, -0.1) is 0 Å². The molecule has 78 valence electrons. The first-order valence-electron chi connectivity index (χ1n) is 4.66. The van der Waals surface area contributed by atoms with E-state index in [9.17, 15) is 4.79 Å². The average Bonchev–Trinajstić information content (AvgIpc) is 2.16. The first-order chi connectivity index (χ1) is 6.15. The standard InChI is InChI=1S/C9H20N2OS/c1-4-8(5-10)9(12)11-6-7(2)13-3/h7-8H,4-6,10H2,1-3H3,(H,11,12). The highest BCUT2D eigenvalue weighted by Crippen LogP contribution is 2.04. The summed E-state index contributed by atoms with van der Waals surface area (Å²) in [6, 6.07) is 0. The molecule has 0 radical (unpaired) electrons. The molecule has 13 heavy (non-hydrogen) atoms. The van der Waals surface area contributed by atoms with Crippen molar-refractivity contribution in [3.63, 3.8) is 0 Å². The second kappa shape index (κ2) is 7.21. The largest absolute Gasteiger partial charge is 0.355 e. The smallest absolute Gasteiger partial charge is 0.224 e. The summed E-state index contributed by atoms with van der Waals surface area (Å²) in [6.45, 7) is 5.25. The Morgan fingerprint density at radius 2 is 2.23 bits per heavy atom. The Bertz CT molecular complexity index is 149. The number of carbonyl (C=O) groups is 1. The zero-order chi connectivity index (χ0) is 10.3. The molecular weight excluding hydrogens is 184 g/mol. The van der Waals surface area contributed by atoms with Gasteiger partial charge < -0.3 is 11.1 Å². The minimum absolute atomic E-state index is 0.0194. The predicted molar refractivity (Wildman–Crippen MR) is 58.8 cm³/mol. The van der Waals surface area contributed by atoms with E-state index in [1.165, 1.54) is 0 Å². The van der Waals surface area contributed by atoms with Crippen LogP contribution in [0.25, 0.3) is 0 Å². The summed E-state index contributed by atoms with van der Waals surface area (Å²) in [5, 5.41) is 3.37. The summed E-state index contributed by atoms with van der Waals surface area (Å²) < 4.78 is 0. The van der Waals surface area contributed by atoms with Crippen molar-refractivity contribution in [3.8, 4) is 0 Å². The summed E-state index contributed by atoms with van der Waals surface area (Å²) in [6.07, 6.45) is 2.85. The summed E-state index contributed by atoms with van der Waals surface area (Å²) in [4.78, 5) is 11.4. The molecule has 3 nitrogen and oxygen atoms in total. The van der Waals surface area contributed by atoms with Gasteiger partial charge in [-0.05, 0) is 12.7 Å². The first-order valence-corrected chi connectivity index (χ1v) is 5.95. The molecule has 0 saturated carbocycles. The number of amides is 1. The van der Waals surface area contributed by atoms with Crippen LogP contribution < -0.4 is 11.1 Å². The topological polar surface area (TPSA) is 55.1 Å². The SMILES string of the molecule is CCC(CN)C(=O)NCC(C)SC. The Morgan fingerprint density at radius 3 is 2.62 bits per heavy atom. The van der Waals surface area contributed by atoms with Gasteiger partial charge in [-0.2, -0.15) is 11.8 Å². The number of hydrogen-bond donors (Lipinski definition) is 2. The third-order valence-electron chi connectivity index (χ3n) is 2.11. The van der Waals surface area contributed by atoms with Crippen LogP contribution in [-0.2, 0) is 4.79 Å². The molecule has 0 bridgehead atoms. The quantitative estimate of drug-likeness (QED) is 0.674. The van der Waals surface area contributed by atoms with Crippen LogP contribution in [0.2, 0.25) is 0 Å². The summed E-state index contributed by atoms with van der Waals surface area (Å²) >= 11 is 1.75. The Labute approximate surface area is 84.8 Å². The Morgan fingerprint density at radius 1 is 1.62 bits per heavy atom. The number of hydrogen-bond acceptors (Lipinski definition) is 3. The van der Waals surface area contributed by atoms with E-state index >= 15 is 0 Å². The van der Waals surface area contributed by atoms with Gasteiger partial charge in [-0.1, -0.05) is 13.8 Å². The van der Waals surface area contributed by atoms with Crippen molar-refractivity contribution in [1.82, 2.24) is 5.32 Å². The minimum Gasteiger partial charge on any atom is -0.355 e. The molecule has 0 aromatic heterocycles. The molecule has 0 aliphatic carbocycles.